The smallest absolute Gasteiger partial charge is 0.258 e. The molecule has 0 N–H and O–H groups in total. The molecule has 33 heavy (non-hydrogen) atoms. The Morgan fingerprint density at radius 1 is 1.09 bits per heavy atom. The van der Waals surface area contributed by atoms with Crippen LogP contribution in [-0.4, -0.2) is 39.7 Å². The van der Waals surface area contributed by atoms with Crippen molar-refractivity contribution < 1.29 is 13.7 Å². The average molecular weight is 465 g/mol. The van der Waals surface area contributed by atoms with Crippen molar-refractivity contribution in [3.63, 3.8) is 0 Å². The molecule has 4 heterocycles. The van der Waals surface area contributed by atoms with Gasteiger partial charge in [-0.1, -0.05) is 11.2 Å². The van der Waals surface area contributed by atoms with Crippen LogP contribution in [0.5, 0.6) is 5.75 Å². The van der Waals surface area contributed by atoms with Crippen molar-refractivity contribution in [2.75, 3.05) is 19.7 Å². The molecule has 0 unspecified atom stereocenters. The first-order valence-electron chi connectivity index (χ1n) is 11.1. The van der Waals surface area contributed by atoms with Crippen molar-refractivity contribution in [1.82, 2.24) is 20.0 Å². The highest BCUT2D eigenvalue weighted by molar-refractivity contribution is 6.28. The molecule has 5 rings (SSSR count). The van der Waals surface area contributed by atoms with Crippen LogP contribution in [0.2, 0.25) is 5.22 Å². The second-order valence-corrected chi connectivity index (χ2v) is 8.75. The Bertz CT molecular complexity index is 1200. The number of nitrogens with zero attached hydrogens (tertiary/aromatic N) is 4. The quantitative estimate of drug-likeness (QED) is 0.350. The Morgan fingerprint density at radius 3 is 2.73 bits per heavy atom. The number of hydrogen-bond acceptors (Lipinski definition) is 7. The van der Waals surface area contributed by atoms with E-state index in [4.69, 9.17) is 25.3 Å². The molecule has 1 saturated heterocycles. The van der Waals surface area contributed by atoms with E-state index in [9.17, 15) is 0 Å². The van der Waals surface area contributed by atoms with E-state index < -0.39 is 0 Å². The summed E-state index contributed by atoms with van der Waals surface area (Å²) in [7, 11) is 0. The molecular formula is C25H25ClN4O3. The summed E-state index contributed by atoms with van der Waals surface area (Å²) in [6, 6.07) is 15.4. The molecule has 0 amide bonds. The number of piperidine rings is 1. The van der Waals surface area contributed by atoms with Gasteiger partial charge in [-0.15, -0.1) is 0 Å². The lowest BCUT2D eigenvalue weighted by molar-refractivity contribution is 0.131. The SMILES string of the molecule is Cc1ccc(-c2noc(-c3cccc(OCC4CCN(Cc5ccc(Cl)o5)CC4)c3)n2)cn1. The molecule has 0 bridgehead atoms. The van der Waals surface area contributed by atoms with E-state index in [-0.39, 0.29) is 0 Å². The lowest BCUT2D eigenvalue weighted by Gasteiger charge is -2.31. The van der Waals surface area contributed by atoms with Gasteiger partial charge in [-0.05, 0) is 92.8 Å². The third-order valence-corrected chi connectivity index (χ3v) is 6.08. The third kappa shape index (κ3) is 5.43. The van der Waals surface area contributed by atoms with Crippen LogP contribution in [-0.2, 0) is 6.54 Å². The van der Waals surface area contributed by atoms with Gasteiger partial charge in [0.25, 0.3) is 5.89 Å². The topological polar surface area (TPSA) is 77.4 Å². The number of benzene rings is 1. The minimum Gasteiger partial charge on any atom is -0.493 e. The first-order chi connectivity index (χ1) is 16.1. The molecule has 3 aromatic heterocycles. The number of pyridine rings is 1. The fourth-order valence-electron chi connectivity index (χ4n) is 3.96. The molecule has 1 aliphatic heterocycles. The molecule has 4 aromatic rings. The van der Waals surface area contributed by atoms with Gasteiger partial charge >= 0.3 is 0 Å². The predicted molar refractivity (Wildman–Crippen MR) is 125 cm³/mol. The van der Waals surface area contributed by atoms with E-state index in [0.717, 1.165) is 60.8 Å². The summed E-state index contributed by atoms with van der Waals surface area (Å²) in [5.74, 6) is 3.22. The fourth-order valence-corrected chi connectivity index (χ4v) is 4.12. The van der Waals surface area contributed by atoms with Crippen LogP contribution in [0.15, 0.2) is 63.7 Å². The number of hydrogen-bond donors (Lipinski definition) is 0. The van der Waals surface area contributed by atoms with Gasteiger partial charge < -0.3 is 13.7 Å². The molecule has 8 heteroatoms. The zero-order valence-corrected chi connectivity index (χ0v) is 19.2. The highest BCUT2D eigenvalue weighted by atomic mass is 35.5. The van der Waals surface area contributed by atoms with Crippen LogP contribution in [0, 0.1) is 12.8 Å². The summed E-state index contributed by atoms with van der Waals surface area (Å²) in [5.41, 5.74) is 2.60. The van der Waals surface area contributed by atoms with Gasteiger partial charge in [0.2, 0.25) is 5.82 Å². The second kappa shape index (κ2) is 9.77. The largest absolute Gasteiger partial charge is 0.493 e. The maximum absolute atomic E-state index is 6.11. The average Bonchev–Trinajstić information content (AvgIpc) is 3.49. The maximum atomic E-state index is 6.11. The Kier molecular flexibility index (Phi) is 6.41. The molecular weight excluding hydrogens is 440 g/mol. The van der Waals surface area contributed by atoms with Gasteiger partial charge in [-0.25, -0.2) is 0 Å². The van der Waals surface area contributed by atoms with Crippen LogP contribution < -0.4 is 4.74 Å². The summed E-state index contributed by atoms with van der Waals surface area (Å²) in [6.07, 6.45) is 3.93. The molecule has 0 atom stereocenters. The lowest BCUT2D eigenvalue weighted by Crippen LogP contribution is -2.35. The van der Waals surface area contributed by atoms with Crippen molar-refractivity contribution in [3.8, 4) is 28.6 Å². The van der Waals surface area contributed by atoms with Crippen LogP contribution in [0.4, 0.5) is 0 Å². The number of aryl methyl sites for hydroxylation is 1. The Morgan fingerprint density at radius 2 is 1.97 bits per heavy atom. The van der Waals surface area contributed by atoms with Gasteiger partial charge in [0.1, 0.15) is 11.5 Å². The number of rotatable bonds is 7. The predicted octanol–water partition coefficient (Wildman–Crippen LogP) is 5.64. The van der Waals surface area contributed by atoms with Crippen LogP contribution >= 0.6 is 11.6 Å². The molecule has 170 valence electrons. The summed E-state index contributed by atoms with van der Waals surface area (Å²) in [4.78, 5) is 11.2. The van der Waals surface area contributed by atoms with E-state index in [1.165, 1.54) is 0 Å². The van der Waals surface area contributed by atoms with Crippen molar-refractivity contribution in [3.05, 3.63) is 71.4 Å². The molecule has 0 radical (unpaired) electrons. The highest BCUT2D eigenvalue weighted by Crippen LogP contribution is 2.27. The van der Waals surface area contributed by atoms with Gasteiger partial charge in [0.05, 0.1) is 13.2 Å². The first-order valence-corrected chi connectivity index (χ1v) is 11.5. The lowest BCUT2D eigenvalue weighted by atomic mass is 9.98. The highest BCUT2D eigenvalue weighted by Gasteiger charge is 2.21. The second-order valence-electron chi connectivity index (χ2n) is 8.38. The van der Waals surface area contributed by atoms with Gasteiger partial charge in [-0.3, -0.25) is 9.88 Å². The normalized spacial score (nSPS) is 15.1. The number of ether oxygens (including phenoxy) is 1. The van der Waals surface area contributed by atoms with E-state index in [2.05, 4.69) is 20.0 Å². The number of furan rings is 1. The van der Waals surface area contributed by atoms with Gasteiger partial charge in [-0.2, -0.15) is 4.98 Å². The van der Waals surface area contributed by atoms with Crippen molar-refractivity contribution in [1.29, 1.82) is 0 Å². The zero-order valence-electron chi connectivity index (χ0n) is 18.4. The molecule has 0 spiro atoms. The van der Waals surface area contributed by atoms with E-state index in [0.29, 0.717) is 29.5 Å². The standard InChI is InChI=1S/C25H25ClN4O3/c1-17-5-6-20(14-27-17)24-28-25(33-29-24)19-3-2-4-21(13-19)31-16-18-9-11-30(12-10-18)15-22-7-8-23(26)32-22/h2-8,13-14,18H,9-12,15-16H2,1H3. The van der Waals surface area contributed by atoms with E-state index in [1.807, 2.05) is 49.4 Å². The van der Waals surface area contributed by atoms with Crippen molar-refractivity contribution in [2.45, 2.75) is 26.3 Å². The Balaban J connectivity index is 1.15. The molecule has 0 aliphatic carbocycles. The van der Waals surface area contributed by atoms with E-state index in [1.54, 1.807) is 12.3 Å². The minimum absolute atomic E-state index is 0.444. The fraction of sp³-hybridized carbons (Fsp3) is 0.320. The Hall–Kier alpha value is -3.16. The minimum atomic E-state index is 0.444. The van der Waals surface area contributed by atoms with Gasteiger partial charge in [0, 0.05) is 23.0 Å². The third-order valence-electron chi connectivity index (χ3n) is 5.88. The van der Waals surface area contributed by atoms with Gasteiger partial charge in [0.15, 0.2) is 5.22 Å². The Labute approximate surface area is 197 Å². The molecule has 7 nitrogen and oxygen atoms in total. The van der Waals surface area contributed by atoms with Crippen LogP contribution in [0.1, 0.15) is 24.3 Å². The van der Waals surface area contributed by atoms with Crippen LogP contribution in [0.3, 0.4) is 0 Å². The maximum Gasteiger partial charge on any atom is 0.258 e. The van der Waals surface area contributed by atoms with Crippen LogP contribution in [0.25, 0.3) is 22.8 Å². The zero-order chi connectivity index (χ0) is 22.6. The van der Waals surface area contributed by atoms with E-state index >= 15 is 0 Å². The number of likely N-dealkylation sites (tertiary alicyclic amines) is 1. The first kappa shape index (κ1) is 21.7. The summed E-state index contributed by atoms with van der Waals surface area (Å²) in [6.45, 7) is 5.47. The van der Waals surface area contributed by atoms with Crippen molar-refractivity contribution >= 4 is 11.6 Å². The molecule has 1 aromatic carbocycles. The summed E-state index contributed by atoms with van der Waals surface area (Å²) in [5, 5.41) is 4.54. The molecule has 0 saturated carbocycles. The molecule has 1 aliphatic rings. The van der Waals surface area contributed by atoms with Crippen molar-refractivity contribution in [2.24, 2.45) is 5.92 Å². The molecule has 1 fully saturated rings. The number of halogens is 1. The summed E-state index contributed by atoms with van der Waals surface area (Å²) < 4.78 is 17.1. The number of aromatic nitrogens is 3. The monoisotopic (exact) mass is 464 g/mol. The summed E-state index contributed by atoms with van der Waals surface area (Å²) >= 11 is 5.87.